The molecule has 0 saturated carbocycles. The normalized spacial score (nSPS) is 10.3. The number of ether oxygens (including phenoxy) is 1. The number of aryl methyl sites for hydroxylation is 1. The average Bonchev–Trinajstić information content (AvgIpc) is 3.00. The molecule has 23 heavy (non-hydrogen) atoms. The highest BCUT2D eigenvalue weighted by molar-refractivity contribution is 7.15. The number of amides is 1. The van der Waals surface area contributed by atoms with E-state index >= 15 is 0 Å². The van der Waals surface area contributed by atoms with E-state index in [2.05, 4.69) is 29.0 Å². The zero-order chi connectivity index (χ0) is 16.5. The van der Waals surface area contributed by atoms with Gasteiger partial charge in [0.2, 0.25) is 5.13 Å². The molecule has 6 heteroatoms. The molecule has 0 unspecified atom stereocenters. The fourth-order valence-corrected chi connectivity index (χ4v) is 2.80. The van der Waals surface area contributed by atoms with Crippen LogP contribution in [0.15, 0.2) is 36.9 Å². The Balaban J connectivity index is 1.85. The highest BCUT2D eigenvalue weighted by Crippen LogP contribution is 2.19. The van der Waals surface area contributed by atoms with Crippen molar-refractivity contribution in [2.24, 2.45) is 0 Å². The Morgan fingerprint density at radius 3 is 3.00 bits per heavy atom. The van der Waals surface area contributed by atoms with Crippen LogP contribution < -0.4 is 10.1 Å². The molecule has 1 aromatic carbocycles. The van der Waals surface area contributed by atoms with Crippen LogP contribution in [0.5, 0.6) is 5.75 Å². The summed E-state index contributed by atoms with van der Waals surface area (Å²) in [4.78, 5) is 12.0. The molecule has 2 rings (SSSR count). The number of nitrogens with zero attached hydrogens (tertiary/aromatic N) is 2. The van der Waals surface area contributed by atoms with Gasteiger partial charge in [-0.1, -0.05) is 49.0 Å². The average molecular weight is 331 g/mol. The summed E-state index contributed by atoms with van der Waals surface area (Å²) >= 11 is 1.41. The number of unbranched alkanes of at least 4 members (excludes halogenated alkanes) is 1. The molecular formula is C17H21N3O2S. The highest BCUT2D eigenvalue weighted by Gasteiger charge is 2.10. The molecule has 0 aliphatic heterocycles. The topological polar surface area (TPSA) is 64.1 Å². The molecule has 0 radical (unpaired) electrons. The number of carbonyl (C=O) groups is 1. The first-order valence-corrected chi connectivity index (χ1v) is 8.48. The first kappa shape index (κ1) is 17.1. The van der Waals surface area contributed by atoms with Crippen LogP contribution in [-0.4, -0.2) is 22.7 Å². The van der Waals surface area contributed by atoms with Crippen LogP contribution >= 0.6 is 11.3 Å². The van der Waals surface area contributed by atoms with E-state index in [9.17, 15) is 4.79 Å². The largest absolute Gasteiger partial charge is 0.483 e. The van der Waals surface area contributed by atoms with Gasteiger partial charge in [0, 0.05) is 6.42 Å². The van der Waals surface area contributed by atoms with Crippen molar-refractivity contribution in [1.29, 1.82) is 0 Å². The SMILES string of the molecule is C=CCc1ccccc1OCC(=O)Nc1nnc(CCCC)s1. The minimum Gasteiger partial charge on any atom is -0.483 e. The van der Waals surface area contributed by atoms with E-state index in [0.717, 1.165) is 29.8 Å². The van der Waals surface area contributed by atoms with Gasteiger partial charge in [0.25, 0.3) is 5.91 Å². The second-order valence-corrected chi connectivity index (χ2v) is 6.10. The summed E-state index contributed by atoms with van der Waals surface area (Å²) in [6.07, 6.45) is 5.59. The molecule has 0 bridgehead atoms. The van der Waals surface area contributed by atoms with E-state index in [1.54, 1.807) is 6.08 Å². The van der Waals surface area contributed by atoms with Gasteiger partial charge in [-0.3, -0.25) is 10.1 Å². The number of aromatic nitrogens is 2. The lowest BCUT2D eigenvalue weighted by Crippen LogP contribution is -2.20. The van der Waals surface area contributed by atoms with Crippen molar-refractivity contribution in [1.82, 2.24) is 10.2 Å². The number of anilines is 1. The summed E-state index contributed by atoms with van der Waals surface area (Å²) in [7, 11) is 0. The van der Waals surface area contributed by atoms with E-state index < -0.39 is 0 Å². The molecule has 1 amide bonds. The second kappa shape index (κ2) is 9.05. The van der Waals surface area contributed by atoms with Crippen LogP contribution in [0.4, 0.5) is 5.13 Å². The molecule has 1 aromatic heterocycles. The van der Waals surface area contributed by atoms with Gasteiger partial charge in [0.05, 0.1) is 0 Å². The fourth-order valence-electron chi connectivity index (χ4n) is 2.00. The molecule has 0 atom stereocenters. The molecule has 1 N–H and O–H groups in total. The number of allylic oxidation sites excluding steroid dienone is 1. The molecule has 1 heterocycles. The first-order valence-electron chi connectivity index (χ1n) is 7.66. The summed E-state index contributed by atoms with van der Waals surface area (Å²) in [5.74, 6) is 0.458. The van der Waals surface area contributed by atoms with Crippen LogP contribution in [0.3, 0.4) is 0 Å². The van der Waals surface area contributed by atoms with Gasteiger partial charge in [0.15, 0.2) is 6.61 Å². The van der Waals surface area contributed by atoms with E-state index in [1.807, 2.05) is 24.3 Å². The number of benzene rings is 1. The van der Waals surface area contributed by atoms with Crippen LogP contribution in [0.2, 0.25) is 0 Å². The van der Waals surface area contributed by atoms with E-state index in [4.69, 9.17) is 4.74 Å². The predicted octanol–water partition coefficient (Wildman–Crippen LogP) is 3.63. The number of para-hydroxylation sites is 1. The highest BCUT2D eigenvalue weighted by atomic mass is 32.1. The molecule has 0 fully saturated rings. The first-order chi connectivity index (χ1) is 11.2. The molecule has 2 aromatic rings. The number of rotatable bonds is 9. The van der Waals surface area contributed by atoms with Crippen molar-refractivity contribution >= 4 is 22.4 Å². The van der Waals surface area contributed by atoms with Gasteiger partial charge in [0.1, 0.15) is 10.8 Å². The lowest BCUT2D eigenvalue weighted by atomic mass is 10.1. The third kappa shape index (κ3) is 5.49. The Bertz CT molecular complexity index is 655. The molecule has 5 nitrogen and oxygen atoms in total. The molecule has 0 aliphatic carbocycles. The Kier molecular flexibility index (Phi) is 6.75. The molecule has 0 aliphatic rings. The summed E-state index contributed by atoms with van der Waals surface area (Å²) in [6.45, 7) is 5.80. The third-order valence-electron chi connectivity index (χ3n) is 3.15. The number of hydrogen-bond donors (Lipinski definition) is 1. The maximum absolute atomic E-state index is 12.0. The Hall–Kier alpha value is -2.21. The van der Waals surface area contributed by atoms with Gasteiger partial charge in [-0.2, -0.15) is 0 Å². The Labute approximate surface area is 140 Å². The van der Waals surface area contributed by atoms with Crippen molar-refractivity contribution in [3.05, 3.63) is 47.5 Å². The van der Waals surface area contributed by atoms with Gasteiger partial charge < -0.3 is 4.74 Å². The predicted molar refractivity (Wildman–Crippen MR) is 93.0 cm³/mol. The lowest BCUT2D eigenvalue weighted by molar-refractivity contribution is -0.118. The summed E-state index contributed by atoms with van der Waals surface area (Å²) in [6, 6.07) is 7.62. The van der Waals surface area contributed by atoms with E-state index in [1.165, 1.54) is 11.3 Å². The third-order valence-corrected chi connectivity index (χ3v) is 4.05. The Morgan fingerprint density at radius 1 is 1.39 bits per heavy atom. The van der Waals surface area contributed by atoms with Crippen molar-refractivity contribution in [2.45, 2.75) is 32.6 Å². The minimum absolute atomic E-state index is 0.0575. The number of nitrogens with one attached hydrogen (secondary N) is 1. The van der Waals surface area contributed by atoms with Crippen molar-refractivity contribution < 1.29 is 9.53 Å². The zero-order valence-corrected chi connectivity index (χ0v) is 14.1. The fraction of sp³-hybridized carbons (Fsp3) is 0.353. The zero-order valence-electron chi connectivity index (χ0n) is 13.2. The van der Waals surface area contributed by atoms with Crippen LogP contribution in [0.1, 0.15) is 30.3 Å². The van der Waals surface area contributed by atoms with Crippen molar-refractivity contribution in [2.75, 3.05) is 11.9 Å². The quantitative estimate of drug-likeness (QED) is 0.713. The summed E-state index contributed by atoms with van der Waals surface area (Å²) in [5.41, 5.74) is 1.01. The molecular weight excluding hydrogens is 310 g/mol. The van der Waals surface area contributed by atoms with Crippen LogP contribution in [-0.2, 0) is 17.6 Å². The second-order valence-electron chi connectivity index (χ2n) is 5.04. The number of carbonyl (C=O) groups excluding carboxylic acids is 1. The van der Waals surface area contributed by atoms with Crippen molar-refractivity contribution in [3.8, 4) is 5.75 Å². The van der Waals surface area contributed by atoms with Crippen LogP contribution in [0, 0.1) is 0 Å². The van der Waals surface area contributed by atoms with Gasteiger partial charge >= 0.3 is 0 Å². The molecule has 122 valence electrons. The van der Waals surface area contributed by atoms with Gasteiger partial charge in [-0.15, -0.1) is 16.8 Å². The molecule has 0 saturated heterocycles. The lowest BCUT2D eigenvalue weighted by Gasteiger charge is -2.09. The summed E-state index contributed by atoms with van der Waals surface area (Å²) in [5, 5.41) is 12.2. The standard InChI is InChI=1S/C17H21N3O2S/c1-3-5-11-16-19-20-17(23-16)18-15(21)12-22-14-10-7-6-9-13(14)8-4-2/h4,6-7,9-10H,2-3,5,8,11-12H2,1H3,(H,18,20,21). The maximum Gasteiger partial charge on any atom is 0.264 e. The molecule has 0 spiro atoms. The monoisotopic (exact) mass is 331 g/mol. The minimum atomic E-state index is -0.239. The Morgan fingerprint density at radius 2 is 2.22 bits per heavy atom. The maximum atomic E-state index is 12.0. The van der Waals surface area contributed by atoms with Gasteiger partial charge in [-0.05, 0) is 24.5 Å². The smallest absolute Gasteiger partial charge is 0.264 e. The van der Waals surface area contributed by atoms with Crippen LogP contribution in [0.25, 0.3) is 0 Å². The van der Waals surface area contributed by atoms with Gasteiger partial charge in [-0.25, -0.2) is 0 Å². The number of hydrogen-bond acceptors (Lipinski definition) is 5. The van der Waals surface area contributed by atoms with E-state index in [0.29, 0.717) is 17.3 Å². The van der Waals surface area contributed by atoms with E-state index in [-0.39, 0.29) is 12.5 Å². The van der Waals surface area contributed by atoms with Crippen molar-refractivity contribution in [3.63, 3.8) is 0 Å². The summed E-state index contributed by atoms with van der Waals surface area (Å²) < 4.78 is 5.59.